The second-order valence-corrected chi connectivity index (χ2v) is 10.1. The third kappa shape index (κ3) is 3.19. The van der Waals surface area contributed by atoms with Crippen LogP contribution in [-0.2, 0) is 27.9 Å². The highest BCUT2D eigenvalue weighted by molar-refractivity contribution is 6.00. The Balaban J connectivity index is 1.37. The molecule has 32 heavy (non-hydrogen) atoms. The molecule has 2 heterocycles. The molecular weight excluding hydrogens is 410 g/mol. The van der Waals surface area contributed by atoms with E-state index >= 15 is 0 Å². The molecule has 8 nitrogen and oxygen atoms in total. The molecule has 0 spiro atoms. The van der Waals surface area contributed by atoms with Crippen LogP contribution in [-0.4, -0.2) is 32.0 Å². The first-order chi connectivity index (χ1) is 15.2. The van der Waals surface area contributed by atoms with Crippen molar-refractivity contribution in [3.63, 3.8) is 0 Å². The number of fused-ring (bicyclic) bond motifs is 4. The van der Waals surface area contributed by atoms with Gasteiger partial charge >= 0.3 is 11.7 Å². The van der Waals surface area contributed by atoms with Crippen LogP contribution in [0.15, 0.2) is 23.0 Å². The number of nitrogens with zero attached hydrogens (tertiary/aromatic N) is 2. The van der Waals surface area contributed by atoms with Gasteiger partial charge in [-0.1, -0.05) is 6.07 Å². The Morgan fingerprint density at radius 3 is 2.41 bits per heavy atom. The maximum absolute atomic E-state index is 12.9. The number of aryl methyl sites for hydroxylation is 2. The van der Waals surface area contributed by atoms with Crippen molar-refractivity contribution in [3.8, 4) is 0 Å². The minimum atomic E-state index is -0.674. The van der Waals surface area contributed by atoms with Crippen molar-refractivity contribution in [1.29, 1.82) is 0 Å². The summed E-state index contributed by atoms with van der Waals surface area (Å²) >= 11 is 0. The predicted molar refractivity (Wildman–Crippen MR) is 117 cm³/mol. The lowest BCUT2D eigenvalue weighted by atomic mass is 9.52. The van der Waals surface area contributed by atoms with Gasteiger partial charge in [0, 0.05) is 13.5 Å². The fourth-order valence-corrected chi connectivity index (χ4v) is 6.16. The molecule has 2 aromatic rings. The Bertz CT molecular complexity index is 1170. The number of benzene rings is 1. The van der Waals surface area contributed by atoms with Gasteiger partial charge < -0.3 is 5.11 Å². The zero-order chi connectivity index (χ0) is 22.7. The van der Waals surface area contributed by atoms with Gasteiger partial charge in [0.2, 0.25) is 11.8 Å². The average Bonchev–Trinajstić information content (AvgIpc) is 3.04. The van der Waals surface area contributed by atoms with E-state index in [1.165, 1.54) is 4.57 Å². The van der Waals surface area contributed by atoms with Crippen LogP contribution in [0.3, 0.4) is 0 Å². The highest BCUT2D eigenvalue weighted by Gasteiger charge is 2.52. The summed E-state index contributed by atoms with van der Waals surface area (Å²) < 4.78 is 3.08. The number of carbonyl (C=O) groups excluding carboxylic acids is 2. The van der Waals surface area contributed by atoms with Crippen LogP contribution in [0, 0.1) is 10.8 Å². The van der Waals surface area contributed by atoms with Gasteiger partial charge in [-0.05, 0) is 80.9 Å². The monoisotopic (exact) mass is 439 g/mol. The molecule has 4 aliphatic rings. The number of imidazole rings is 1. The molecule has 1 unspecified atom stereocenters. The summed E-state index contributed by atoms with van der Waals surface area (Å²) in [7, 11) is 1.71. The van der Waals surface area contributed by atoms with Gasteiger partial charge in [-0.15, -0.1) is 0 Å². The number of hydrogen-bond acceptors (Lipinski definition) is 4. The summed E-state index contributed by atoms with van der Waals surface area (Å²) in [6, 6.07) is 5.29. The largest absolute Gasteiger partial charge is 0.481 e. The van der Waals surface area contributed by atoms with Crippen molar-refractivity contribution in [2.24, 2.45) is 17.9 Å². The van der Waals surface area contributed by atoms with Crippen LogP contribution in [0.1, 0.15) is 69.4 Å². The summed E-state index contributed by atoms with van der Waals surface area (Å²) in [6.45, 7) is 0. The van der Waals surface area contributed by atoms with Crippen LogP contribution < -0.4 is 11.0 Å². The molecule has 1 saturated heterocycles. The molecule has 2 N–H and O–H groups in total. The summed E-state index contributed by atoms with van der Waals surface area (Å²) in [5.74, 6) is -1.35. The van der Waals surface area contributed by atoms with Gasteiger partial charge in [0.05, 0.1) is 16.4 Å². The van der Waals surface area contributed by atoms with E-state index in [2.05, 4.69) is 5.32 Å². The molecule has 1 aromatic carbocycles. The summed E-state index contributed by atoms with van der Waals surface area (Å²) in [6.07, 6.45) is 7.74. The van der Waals surface area contributed by atoms with E-state index in [1.54, 1.807) is 11.6 Å². The van der Waals surface area contributed by atoms with Crippen molar-refractivity contribution in [1.82, 2.24) is 14.5 Å². The van der Waals surface area contributed by atoms with Gasteiger partial charge in [-0.2, -0.15) is 0 Å². The smallest absolute Gasteiger partial charge is 0.329 e. The van der Waals surface area contributed by atoms with E-state index < -0.39 is 23.3 Å². The lowest BCUT2D eigenvalue weighted by Gasteiger charge is -2.51. The molecule has 2 bridgehead atoms. The van der Waals surface area contributed by atoms with Crippen molar-refractivity contribution in [3.05, 3.63) is 34.2 Å². The highest BCUT2D eigenvalue weighted by Crippen LogP contribution is 2.58. The van der Waals surface area contributed by atoms with Crippen LogP contribution in [0.4, 0.5) is 0 Å². The Morgan fingerprint density at radius 1 is 1.09 bits per heavy atom. The molecule has 0 radical (unpaired) electrons. The topological polar surface area (TPSA) is 110 Å². The first-order valence-corrected chi connectivity index (χ1v) is 11.5. The SMILES string of the molecule is Cn1c(=O)n(C2CCC(=O)NC2=O)c2ccc(CCC34CCC(C(=O)O)(CC3)CC4)cc21. The highest BCUT2D eigenvalue weighted by atomic mass is 16.4. The number of rotatable bonds is 5. The number of carboxylic acid groups (broad SMARTS) is 1. The Kier molecular flexibility index (Phi) is 4.80. The number of hydrogen-bond donors (Lipinski definition) is 2. The molecule has 3 saturated carbocycles. The predicted octanol–water partition coefficient (Wildman–Crippen LogP) is 2.68. The van der Waals surface area contributed by atoms with E-state index in [0.29, 0.717) is 11.9 Å². The van der Waals surface area contributed by atoms with E-state index in [9.17, 15) is 24.3 Å². The van der Waals surface area contributed by atoms with E-state index in [4.69, 9.17) is 0 Å². The molecule has 3 aliphatic carbocycles. The molecule has 1 aliphatic heterocycles. The van der Waals surface area contributed by atoms with Crippen LogP contribution in [0.25, 0.3) is 11.0 Å². The Hall–Kier alpha value is -2.90. The maximum Gasteiger partial charge on any atom is 0.329 e. The first kappa shape index (κ1) is 21.0. The van der Waals surface area contributed by atoms with Gasteiger partial charge in [0.15, 0.2) is 0 Å². The quantitative estimate of drug-likeness (QED) is 0.696. The third-order valence-electron chi connectivity index (χ3n) is 8.47. The van der Waals surface area contributed by atoms with Gasteiger partial charge in [0.1, 0.15) is 6.04 Å². The van der Waals surface area contributed by atoms with Crippen molar-refractivity contribution in [2.75, 3.05) is 0 Å². The summed E-state index contributed by atoms with van der Waals surface area (Å²) in [4.78, 5) is 48.5. The number of aromatic nitrogens is 2. The van der Waals surface area contributed by atoms with E-state index in [-0.39, 0.29) is 23.4 Å². The molecular formula is C24H29N3O5. The number of imide groups is 1. The minimum absolute atomic E-state index is 0.225. The molecule has 6 rings (SSSR count). The molecule has 1 aromatic heterocycles. The van der Waals surface area contributed by atoms with Crippen molar-refractivity contribution >= 4 is 28.8 Å². The van der Waals surface area contributed by atoms with Crippen LogP contribution in [0.5, 0.6) is 0 Å². The molecule has 2 amide bonds. The zero-order valence-electron chi connectivity index (χ0n) is 18.4. The number of carboxylic acids is 1. The van der Waals surface area contributed by atoms with Crippen molar-refractivity contribution in [2.45, 2.75) is 70.3 Å². The first-order valence-electron chi connectivity index (χ1n) is 11.5. The number of carbonyl (C=O) groups is 3. The fraction of sp³-hybridized carbons (Fsp3) is 0.583. The summed E-state index contributed by atoms with van der Waals surface area (Å²) in [5.41, 5.74) is 2.12. The standard InChI is InChI=1S/C24H29N3O5/c1-26-18-14-15(6-7-23-8-11-24(12-9-23,13-10-23)21(30)31)2-3-16(18)27(22(26)32)17-4-5-19(28)25-20(17)29/h2-3,14,17H,4-13H2,1H3,(H,30,31)(H,25,28,29). The van der Waals surface area contributed by atoms with Crippen LogP contribution in [0.2, 0.25) is 0 Å². The lowest BCUT2D eigenvalue weighted by Crippen LogP contribution is -2.46. The second kappa shape index (κ2) is 7.32. The molecule has 1 atom stereocenters. The summed E-state index contributed by atoms with van der Waals surface area (Å²) in [5, 5.41) is 11.9. The lowest BCUT2D eigenvalue weighted by molar-refractivity contribution is -0.159. The van der Waals surface area contributed by atoms with Crippen LogP contribution >= 0.6 is 0 Å². The minimum Gasteiger partial charge on any atom is -0.481 e. The fourth-order valence-electron chi connectivity index (χ4n) is 6.16. The number of nitrogens with one attached hydrogen (secondary N) is 1. The van der Waals surface area contributed by atoms with Gasteiger partial charge in [0.25, 0.3) is 0 Å². The zero-order valence-corrected chi connectivity index (χ0v) is 18.4. The van der Waals surface area contributed by atoms with E-state index in [1.807, 2.05) is 18.2 Å². The van der Waals surface area contributed by atoms with Gasteiger partial charge in [-0.3, -0.25) is 28.8 Å². The Labute approximate surface area is 185 Å². The number of amides is 2. The van der Waals surface area contributed by atoms with Crippen molar-refractivity contribution < 1.29 is 19.5 Å². The third-order valence-corrected chi connectivity index (χ3v) is 8.47. The van der Waals surface area contributed by atoms with Gasteiger partial charge in [-0.25, -0.2) is 4.79 Å². The maximum atomic E-state index is 12.9. The average molecular weight is 440 g/mol. The number of aliphatic carboxylic acids is 1. The molecule has 4 fully saturated rings. The molecule has 170 valence electrons. The second-order valence-electron chi connectivity index (χ2n) is 10.1. The molecule has 8 heteroatoms. The normalized spacial score (nSPS) is 30.0. The number of piperidine rings is 1. The van der Waals surface area contributed by atoms with E-state index in [0.717, 1.165) is 62.4 Å². The Morgan fingerprint density at radius 2 is 1.78 bits per heavy atom.